The number of nitrogens with zero attached hydrogens (tertiary/aromatic N) is 2. The molecule has 3 heterocycles. The molecule has 0 bridgehead atoms. The van der Waals surface area contributed by atoms with Crippen molar-refractivity contribution in [3.63, 3.8) is 0 Å². The van der Waals surface area contributed by atoms with Crippen molar-refractivity contribution < 1.29 is 4.79 Å². The molecule has 1 atom stereocenters. The standard InChI is InChI=1S/C23H24ClN3OS/c24-19-6-4-17(5-7-19)21(27-13-10-22-18(16-27)11-14-29-22)15-26-23(28)9-8-20-3-1-2-12-25-20/h1-7,11-12,14,21H,8-10,13,15-16H2,(H,26,28). The minimum absolute atomic E-state index is 0.0582. The number of halogens is 1. The van der Waals surface area contributed by atoms with E-state index in [9.17, 15) is 4.79 Å². The average molecular weight is 426 g/mol. The molecule has 4 rings (SSSR count). The van der Waals surface area contributed by atoms with Gasteiger partial charge >= 0.3 is 0 Å². The lowest BCUT2D eigenvalue weighted by atomic mass is 10.0. The molecule has 0 fully saturated rings. The Hall–Kier alpha value is -2.21. The average Bonchev–Trinajstić information content (AvgIpc) is 3.22. The zero-order valence-electron chi connectivity index (χ0n) is 16.2. The van der Waals surface area contributed by atoms with Gasteiger partial charge < -0.3 is 5.32 Å². The van der Waals surface area contributed by atoms with E-state index < -0.39 is 0 Å². The Balaban J connectivity index is 1.41. The Kier molecular flexibility index (Phi) is 6.60. The summed E-state index contributed by atoms with van der Waals surface area (Å²) in [5.74, 6) is 0.0582. The second kappa shape index (κ2) is 9.53. The zero-order valence-corrected chi connectivity index (χ0v) is 17.8. The molecule has 29 heavy (non-hydrogen) atoms. The number of fused-ring (bicyclic) bond motifs is 1. The molecule has 0 saturated carbocycles. The molecule has 1 amide bonds. The van der Waals surface area contributed by atoms with Crippen molar-refractivity contribution in [3.05, 3.63) is 86.8 Å². The molecule has 2 aromatic heterocycles. The third-order valence-corrected chi connectivity index (χ3v) is 6.63. The first-order valence-electron chi connectivity index (χ1n) is 9.90. The first-order chi connectivity index (χ1) is 14.2. The number of rotatable bonds is 7. The molecule has 1 N–H and O–H groups in total. The van der Waals surface area contributed by atoms with Crippen molar-refractivity contribution in [2.24, 2.45) is 0 Å². The number of thiophene rings is 1. The van der Waals surface area contributed by atoms with Crippen LogP contribution in [0.25, 0.3) is 0 Å². The highest BCUT2D eigenvalue weighted by atomic mass is 35.5. The van der Waals surface area contributed by atoms with Gasteiger partial charge in [0, 0.05) is 47.8 Å². The van der Waals surface area contributed by atoms with Gasteiger partial charge in [-0.15, -0.1) is 11.3 Å². The summed E-state index contributed by atoms with van der Waals surface area (Å²) < 4.78 is 0. The van der Waals surface area contributed by atoms with E-state index in [1.807, 2.05) is 41.7 Å². The molecule has 0 saturated heterocycles. The summed E-state index contributed by atoms with van der Waals surface area (Å²) in [6.45, 7) is 2.49. The number of carbonyl (C=O) groups excluding carboxylic acids is 1. The van der Waals surface area contributed by atoms with Crippen LogP contribution in [0.4, 0.5) is 0 Å². The summed E-state index contributed by atoms with van der Waals surface area (Å²) in [4.78, 5) is 20.7. The summed E-state index contributed by atoms with van der Waals surface area (Å²) in [5.41, 5.74) is 3.53. The van der Waals surface area contributed by atoms with Gasteiger partial charge in [-0.2, -0.15) is 0 Å². The van der Waals surface area contributed by atoms with Crippen LogP contribution >= 0.6 is 22.9 Å². The number of carbonyl (C=O) groups is 1. The molecule has 1 aromatic carbocycles. The number of aromatic nitrogens is 1. The van der Waals surface area contributed by atoms with Crippen LogP contribution in [-0.2, 0) is 24.2 Å². The normalized spacial score (nSPS) is 14.9. The first-order valence-corrected chi connectivity index (χ1v) is 11.2. The molecule has 6 heteroatoms. The Labute approximate surface area is 180 Å². The van der Waals surface area contributed by atoms with Gasteiger partial charge in [-0.1, -0.05) is 29.8 Å². The number of nitrogens with one attached hydrogen (secondary N) is 1. The largest absolute Gasteiger partial charge is 0.354 e. The molecule has 3 aromatic rings. The van der Waals surface area contributed by atoms with Crippen molar-refractivity contribution in [1.29, 1.82) is 0 Å². The lowest BCUT2D eigenvalue weighted by Crippen LogP contribution is -2.40. The minimum Gasteiger partial charge on any atom is -0.354 e. The summed E-state index contributed by atoms with van der Waals surface area (Å²) in [5, 5.41) is 6.04. The summed E-state index contributed by atoms with van der Waals surface area (Å²) in [7, 11) is 0. The predicted octanol–water partition coefficient (Wildman–Crippen LogP) is 4.64. The third kappa shape index (κ3) is 5.24. The van der Waals surface area contributed by atoms with E-state index in [2.05, 4.69) is 38.8 Å². The molecule has 0 radical (unpaired) electrons. The van der Waals surface area contributed by atoms with Crippen LogP contribution in [0.5, 0.6) is 0 Å². The van der Waals surface area contributed by atoms with Crippen LogP contribution in [0.1, 0.15) is 34.2 Å². The van der Waals surface area contributed by atoms with E-state index in [4.69, 9.17) is 11.6 Å². The lowest BCUT2D eigenvalue weighted by Gasteiger charge is -2.35. The maximum absolute atomic E-state index is 12.5. The van der Waals surface area contributed by atoms with Crippen molar-refractivity contribution >= 4 is 28.8 Å². The Bertz CT molecular complexity index is 942. The first kappa shape index (κ1) is 20.1. The van der Waals surface area contributed by atoms with Gasteiger partial charge in [-0.05, 0) is 59.7 Å². The quantitative estimate of drug-likeness (QED) is 0.599. The predicted molar refractivity (Wildman–Crippen MR) is 118 cm³/mol. The van der Waals surface area contributed by atoms with Crippen LogP contribution in [0.15, 0.2) is 60.1 Å². The molecular weight excluding hydrogens is 402 g/mol. The van der Waals surface area contributed by atoms with Gasteiger partial charge in [0.2, 0.25) is 5.91 Å². The highest BCUT2D eigenvalue weighted by molar-refractivity contribution is 7.10. The fourth-order valence-electron chi connectivity index (χ4n) is 3.77. The van der Waals surface area contributed by atoms with E-state index in [1.165, 1.54) is 16.0 Å². The van der Waals surface area contributed by atoms with Crippen LogP contribution in [0.2, 0.25) is 5.02 Å². The Morgan fingerprint density at radius 2 is 2.07 bits per heavy atom. The monoisotopic (exact) mass is 425 g/mol. The van der Waals surface area contributed by atoms with E-state index >= 15 is 0 Å². The topological polar surface area (TPSA) is 45.2 Å². The fraction of sp³-hybridized carbons (Fsp3) is 0.304. The number of hydrogen-bond acceptors (Lipinski definition) is 4. The Morgan fingerprint density at radius 3 is 2.86 bits per heavy atom. The fourth-order valence-corrected chi connectivity index (χ4v) is 4.78. The molecule has 4 nitrogen and oxygen atoms in total. The van der Waals surface area contributed by atoms with Crippen LogP contribution < -0.4 is 5.32 Å². The van der Waals surface area contributed by atoms with Gasteiger partial charge in [-0.3, -0.25) is 14.7 Å². The minimum atomic E-state index is 0.0582. The van der Waals surface area contributed by atoms with E-state index in [0.717, 1.165) is 30.2 Å². The number of hydrogen-bond donors (Lipinski definition) is 1. The van der Waals surface area contributed by atoms with Crippen LogP contribution in [0, 0.1) is 0 Å². The van der Waals surface area contributed by atoms with Gasteiger partial charge in [0.05, 0.1) is 6.04 Å². The molecule has 0 spiro atoms. The highest BCUT2D eigenvalue weighted by Crippen LogP contribution is 2.30. The maximum atomic E-state index is 12.5. The summed E-state index contributed by atoms with van der Waals surface area (Å²) >= 11 is 7.93. The third-order valence-electron chi connectivity index (χ3n) is 5.36. The van der Waals surface area contributed by atoms with Gasteiger partial charge in [0.15, 0.2) is 0 Å². The van der Waals surface area contributed by atoms with Crippen molar-refractivity contribution in [3.8, 4) is 0 Å². The number of benzene rings is 1. The van der Waals surface area contributed by atoms with Crippen molar-refractivity contribution in [2.75, 3.05) is 13.1 Å². The molecule has 150 valence electrons. The molecule has 1 aliphatic rings. The number of pyridine rings is 1. The number of aryl methyl sites for hydroxylation is 1. The molecular formula is C23H24ClN3OS. The molecule has 1 unspecified atom stereocenters. The van der Waals surface area contributed by atoms with Crippen molar-refractivity contribution in [1.82, 2.24) is 15.2 Å². The smallest absolute Gasteiger partial charge is 0.220 e. The van der Waals surface area contributed by atoms with Crippen LogP contribution in [0.3, 0.4) is 0 Å². The van der Waals surface area contributed by atoms with Crippen molar-refractivity contribution in [2.45, 2.75) is 31.8 Å². The van der Waals surface area contributed by atoms with Crippen LogP contribution in [-0.4, -0.2) is 28.9 Å². The summed E-state index contributed by atoms with van der Waals surface area (Å²) in [6, 6.07) is 16.1. The van der Waals surface area contributed by atoms with Gasteiger partial charge in [-0.25, -0.2) is 0 Å². The Morgan fingerprint density at radius 1 is 1.21 bits per heavy atom. The lowest BCUT2D eigenvalue weighted by molar-refractivity contribution is -0.121. The van der Waals surface area contributed by atoms with Gasteiger partial charge in [0.25, 0.3) is 0 Å². The highest BCUT2D eigenvalue weighted by Gasteiger charge is 2.26. The zero-order chi connectivity index (χ0) is 20.1. The molecule has 0 aliphatic carbocycles. The number of amides is 1. The second-order valence-corrected chi connectivity index (χ2v) is 8.72. The van der Waals surface area contributed by atoms with Gasteiger partial charge in [0.1, 0.15) is 0 Å². The SMILES string of the molecule is O=C(CCc1ccccn1)NCC(c1ccc(Cl)cc1)N1CCc2sccc2C1. The van der Waals surface area contributed by atoms with E-state index in [0.29, 0.717) is 19.4 Å². The summed E-state index contributed by atoms with van der Waals surface area (Å²) in [6.07, 6.45) is 3.92. The molecule has 1 aliphatic heterocycles. The van der Waals surface area contributed by atoms with E-state index in [-0.39, 0.29) is 11.9 Å². The maximum Gasteiger partial charge on any atom is 0.220 e. The second-order valence-electron chi connectivity index (χ2n) is 7.28. The van der Waals surface area contributed by atoms with E-state index in [1.54, 1.807) is 6.20 Å².